The summed E-state index contributed by atoms with van der Waals surface area (Å²) in [4.78, 5) is 8.82. The minimum atomic E-state index is -0.125. The maximum Gasteiger partial charge on any atom is 0.226 e. The van der Waals surface area contributed by atoms with Gasteiger partial charge in [-0.25, -0.2) is 9.97 Å². The van der Waals surface area contributed by atoms with Crippen molar-refractivity contribution in [1.29, 1.82) is 10.5 Å². The Morgan fingerprint density at radius 2 is 1.59 bits per heavy atom. The highest BCUT2D eigenvalue weighted by atomic mass is 35.5. The van der Waals surface area contributed by atoms with Crippen molar-refractivity contribution in [3.05, 3.63) is 76.6 Å². The van der Waals surface area contributed by atoms with Gasteiger partial charge in [0.05, 0.1) is 31.6 Å². The number of hydrogen-bond acceptors (Lipinski definition) is 10. The molecule has 37 heavy (non-hydrogen) atoms. The van der Waals surface area contributed by atoms with Crippen LogP contribution in [0.4, 0.5) is 5.82 Å². The number of aromatic nitrogens is 2. The number of aliphatic hydroxyl groups is 2. The number of nitrogens with two attached hydrogens (primary N) is 1. The number of rotatable bonds is 7. The summed E-state index contributed by atoms with van der Waals surface area (Å²) in [5.41, 5.74) is 9.11. The van der Waals surface area contributed by atoms with E-state index in [1.807, 2.05) is 12.1 Å². The quantitative estimate of drug-likeness (QED) is 0.284. The zero-order chi connectivity index (χ0) is 26.8. The standard InChI is InChI=1S/C24H16ClN5O2S.C2H6O2/c1-31-18-8-4-14(5-9-18)21-19(10-26)22(28)30-24(20(21)11-27)33-13-17-12-32-23(29-17)15-2-6-16(25)7-3-15;3-1-2-4/h2-9,12H,13H2,1H3,(H2,28,30);3-4H,1-2H2. The number of pyridine rings is 1. The minimum Gasteiger partial charge on any atom is -0.497 e. The molecule has 2 aromatic heterocycles. The van der Waals surface area contributed by atoms with Gasteiger partial charge in [-0.3, -0.25) is 0 Å². The Labute approximate surface area is 222 Å². The lowest BCUT2D eigenvalue weighted by atomic mass is 9.97. The van der Waals surface area contributed by atoms with Crippen LogP contribution >= 0.6 is 23.4 Å². The zero-order valence-corrected chi connectivity index (χ0v) is 21.3. The molecule has 0 bridgehead atoms. The molecule has 2 aromatic carbocycles. The van der Waals surface area contributed by atoms with Gasteiger partial charge in [-0.15, -0.1) is 0 Å². The first-order valence-electron chi connectivity index (χ1n) is 10.8. The average Bonchev–Trinajstić information content (AvgIpc) is 3.41. The molecule has 0 aliphatic carbocycles. The highest BCUT2D eigenvalue weighted by Gasteiger charge is 2.21. The van der Waals surface area contributed by atoms with Crippen LogP contribution in [-0.4, -0.2) is 40.5 Å². The normalized spacial score (nSPS) is 10.1. The molecular formula is C26H22ClN5O4S. The SMILES string of the molecule is COc1ccc(-c2c(C#N)c(N)nc(SCc3coc(-c4ccc(Cl)cc4)n3)c2C#N)cc1.OCCO. The van der Waals surface area contributed by atoms with Crippen molar-refractivity contribution in [3.63, 3.8) is 0 Å². The summed E-state index contributed by atoms with van der Waals surface area (Å²) in [6, 6.07) is 18.5. The van der Waals surface area contributed by atoms with E-state index in [1.54, 1.807) is 49.8 Å². The number of aliphatic hydroxyl groups excluding tert-OH is 2. The second kappa shape index (κ2) is 13.3. The van der Waals surface area contributed by atoms with Gasteiger partial charge in [-0.1, -0.05) is 35.5 Å². The van der Waals surface area contributed by atoms with Crippen molar-refractivity contribution in [1.82, 2.24) is 9.97 Å². The second-order valence-corrected chi connectivity index (χ2v) is 8.67. The van der Waals surface area contributed by atoms with Crippen LogP contribution < -0.4 is 10.5 Å². The molecule has 0 fully saturated rings. The Hall–Kier alpha value is -4.06. The van der Waals surface area contributed by atoms with Gasteiger partial charge in [0.15, 0.2) is 0 Å². The monoisotopic (exact) mass is 535 g/mol. The van der Waals surface area contributed by atoms with E-state index in [9.17, 15) is 10.5 Å². The number of halogens is 1. The number of ether oxygens (including phenoxy) is 1. The number of benzene rings is 2. The first-order valence-corrected chi connectivity index (χ1v) is 12.1. The number of methoxy groups -OCH3 is 1. The van der Waals surface area contributed by atoms with E-state index in [0.717, 1.165) is 5.56 Å². The largest absolute Gasteiger partial charge is 0.497 e. The van der Waals surface area contributed by atoms with Crippen LogP contribution in [-0.2, 0) is 5.75 Å². The van der Waals surface area contributed by atoms with E-state index in [1.165, 1.54) is 11.8 Å². The third-order valence-corrected chi connectivity index (χ3v) is 6.15. The second-order valence-electron chi connectivity index (χ2n) is 7.27. The Bertz CT molecular complexity index is 1430. The third kappa shape index (κ3) is 6.79. The van der Waals surface area contributed by atoms with Crippen molar-refractivity contribution >= 4 is 29.2 Å². The smallest absolute Gasteiger partial charge is 0.226 e. The van der Waals surface area contributed by atoms with Crippen LogP contribution in [0.3, 0.4) is 0 Å². The molecule has 0 atom stereocenters. The Morgan fingerprint density at radius 3 is 2.16 bits per heavy atom. The number of hydrogen-bond donors (Lipinski definition) is 3. The van der Waals surface area contributed by atoms with Crippen LogP contribution in [0.5, 0.6) is 5.75 Å². The van der Waals surface area contributed by atoms with Gasteiger partial charge in [-0.05, 0) is 42.0 Å². The summed E-state index contributed by atoms with van der Waals surface area (Å²) in [5.74, 6) is 1.59. The van der Waals surface area contributed by atoms with Gasteiger partial charge < -0.3 is 25.1 Å². The van der Waals surface area contributed by atoms with Crippen molar-refractivity contribution in [3.8, 4) is 40.5 Å². The third-order valence-electron chi connectivity index (χ3n) is 4.89. The van der Waals surface area contributed by atoms with Gasteiger partial charge in [-0.2, -0.15) is 10.5 Å². The summed E-state index contributed by atoms with van der Waals surface area (Å²) >= 11 is 7.23. The predicted octanol–water partition coefficient (Wildman–Crippen LogP) is 4.65. The highest BCUT2D eigenvalue weighted by Crippen LogP contribution is 2.37. The van der Waals surface area contributed by atoms with Crippen molar-refractivity contribution in [2.45, 2.75) is 10.8 Å². The number of nitrogens with zero attached hydrogens (tertiary/aromatic N) is 4. The van der Waals surface area contributed by atoms with Crippen LogP contribution in [0, 0.1) is 22.7 Å². The molecule has 4 N–H and O–H groups in total. The van der Waals surface area contributed by atoms with E-state index in [0.29, 0.717) is 44.3 Å². The van der Waals surface area contributed by atoms with Gasteiger partial charge in [0.1, 0.15) is 40.6 Å². The summed E-state index contributed by atoms with van der Waals surface area (Å²) in [6.07, 6.45) is 1.56. The van der Waals surface area contributed by atoms with Gasteiger partial charge in [0.25, 0.3) is 0 Å². The van der Waals surface area contributed by atoms with Crippen molar-refractivity contribution in [2.75, 3.05) is 26.1 Å². The Kier molecular flexibility index (Phi) is 9.90. The maximum absolute atomic E-state index is 9.92. The first-order chi connectivity index (χ1) is 17.9. The molecule has 0 aliphatic rings. The molecule has 11 heteroatoms. The fourth-order valence-electron chi connectivity index (χ4n) is 3.19. The van der Waals surface area contributed by atoms with Crippen molar-refractivity contribution < 1.29 is 19.4 Å². The molecule has 0 saturated carbocycles. The highest BCUT2D eigenvalue weighted by molar-refractivity contribution is 7.98. The van der Waals surface area contributed by atoms with E-state index in [-0.39, 0.29) is 30.2 Å². The fraction of sp³-hybridized carbons (Fsp3) is 0.154. The molecule has 9 nitrogen and oxygen atoms in total. The first kappa shape index (κ1) is 27.5. The number of anilines is 1. The maximum atomic E-state index is 9.92. The molecular weight excluding hydrogens is 514 g/mol. The number of thioether (sulfide) groups is 1. The number of nitrogen functional groups attached to an aromatic ring is 1. The number of oxazole rings is 1. The van der Waals surface area contributed by atoms with Crippen molar-refractivity contribution in [2.24, 2.45) is 0 Å². The topological polar surface area (TPSA) is 162 Å². The van der Waals surface area contributed by atoms with Crippen LogP contribution in [0.1, 0.15) is 16.8 Å². The van der Waals surface area contributed by atoms with E-state index >= 15 is 0 Å². The van der Waals surface area contributed by atoms with Crippen LogP contribution in [0.2, 0.25) is 5.02 Å². The fourth-order valence-corrected chi connectivity index (χ4v) is 4.19. The molecule has 0 amide bonds. The molecule has 4 rings (SSSR count). The van der Waals surface area contributed by atoms with Gasteiger partial charge in [0.2, 0.25) is 5.89 Å². The van der Waals surface area contributed by atoms with Gasteiger partial charge in [0, 0.05) is 21.9 Å². The number of nitriles is 2. The molecule has 0 aliphatic heterocycles. The summed E-state index contributed by atoms with van der Waals surface area (Å²) in [5, 5.41) is 35.9. The molecule has 4 aromatic rings. The molecule has 0 radical (unpaired) electrons. The molecule has 188 valence electrons. The predicted molar refractivity (Wildman–Crippen MR) is 141 cm³/mol. The van der Waals surface area contributed by atoms with Gasteiger partial charge >= 0.3 is 0 Å². The molecule has 0 unspecified atom stereocenters. The Balaban J connectivity index is 0.000000886. The van der Waals surface area contributed by atoms with Crippen LogP contribution in [0.25, 0.3) is 22.6 Å². The molecule has 2 heterocycles. The summed E-state index contributed by atoms with van der Waals surface area (Å²) < 4.78 is 10.8. The lowest BCUT2D eigenvalue weighted by Gasteiger charge is -2.13. The zero-order valence-electron chi connectivity index (χ0n) is 19.7. The summed E-state index contributed by atoms with van der Waals surface area (Å²) in [6.45, 7) is -0.250. The van der Waals surface area contributed by atoms with E-state index in [2.05, 4.69) is 22.1 Å². The van der Waals surface area contributed by atoms with Crippen LogP contribution in [0.15, 0.2) is 64.2 Å². The molecule has 0 saturated heterocycles. The van der Waals surface area contributed by atoms with E-state index in [4.69, 9.17) is 36.7 Å². The van der Waals surface area contributed by atoms with E-state index < -0.39 is 0 Å². The lowest BCUT2D eigenvalue weighted by molar-refractivity contribution is 0.186. The summed E-state index contributed by atoms with van der Waals surface area (Å²) in [7, 11) is 1.57. The lowest BCUT2D eigenvalue weighted by Crippen LogP contribution is -2.03. The Morgan fingerprint density at radius 1 is 0.973 bits per heavy atom. The molecule has 0 spiro atoms. The average molecular weight is 536 g/mol. The minimum absolute atomic E-state index is 0.0619.